The molecule has 0 saturated heterocycles. The van der Waals surface area contributed by atoms with Gasteiger partial charge in [-0.1, -0.05) is 23.2 Å². The van der Waals surface area contributed by atoms with Crippen LogP contribution in [0.2, 0.25) is 10.0 Å². The van der Waals surface area contributed by atoms with Gasteiger partial charge in [0.15, 0.2) is 0 Å². The van der Waals surface area contributed by atoms with Crippen molar-refractivity contribution >= 4 is 40.4 Å². The molecule has 0 saturated carbocycles. The van der Waals surface area contributed by atoms with Crippen molar-refractivity contribution in [2.75, 3.05) is 5.32 Å². The van der Waals surface area contributed by atoms with Gasteiger partial charge in [0, 0.05) is 5.02 Å². The summed E-state index contributed by atoms with van der Waals surface area (Å²) in [6.45, 7) is 1.71. The Labute approximate surface area is 177 Å². The molecular weight excluding hydrogens is 448 g/mol. The molecule has 1 N–H and O–H groups in total. The van der Waals surface area contributed by atoms with E-state index in [0.29, 0.717) is 10.6 Å². The highest BCUT2D eigenvalue weighted by Crippen LogP contribution is 2.39. The van der Waals surface area contributed by atoms with Gasteiger partial charge in [0.25, 0.3) is 0 Å². The highest BCUT2D eigenvalue weighted by atomic mass is 35.5. The number of nitrogens with one attached hydrogen (secondary N) is 1. The van der Waals surface area contributed by atoms with Crippen LogP contribution in [0.4, 0.5) is 30.4 Å². The predicted molar refractivity (Wildman–Crippen MR) is 105 cm³/mol. The molecule has 0 fully saturated rings. The molecule has 3 rings (SSSR count). The number of nitro groups is 1. The summed E-state index contributed by atoms with van der Waals surface area (Å²) in [5, 5.41) is 14.5. The average molecular weight is 459 g/mol. The van der Waals surface area contributed by atoms with Gasteiger partial charge in [0.05, 0.1) is 21.2 Å². The summed E-state index contributed by atoms with van der Waals surface area (Å²) in [7, 11) is 0. The summed E-state index contributed by atoms with van der Waals surface area (Å²) in [6, 6.07) is 7.11. The molecule has 0 radical (unpaired) electrons. The van der Waals surface area contributed by atoms with E-state index < -0.39 is 34.0 Å². The van der Waals surface area contributed by atoms with Crippen LogP contribution in [0.5, 0.6) is 11.6 Å². The van der Waals surface area contributed by atoms with Gasteiger partial charge >= 0.3 is 17.7 Å². The minimum atomic E-state index is -4.63. The third-order valence-corrected chi connectivity index (χ3v) is 4.62. The van der Waals surface area contributed by atoms with Crippen LogP contribution in [0, 0.1) is 17.0 Å². The first-order valence-corrected chi connectivity index (χ1v) is 8.89. The van der Waals surface area contributed by atoms with Crippen LogP contribution < -0.4 is 10.1 Å². The summed E-state index contributed by atoms with van der Waals surface area (Å²) in [6.07, 6.45) is -3.66. The van der Waals surface area contributed by atoms with E-state index in [4.69, 9.17) is 27.9 Å². The summed E-state index contributed by atoms with van der Waals surface area (Å²) >= 11 is 11.9. The Balaban J connectivity index is 2.01. The van der Waals surface area contributed by atoms with Gasteiger partial charge < -0.3 is 10.1 Å². The molecule has 2 aromatic carbocycles. The number of halogens is 5. The van der Waals surface area contributed by atoms with Crippen molar-refractivity contribution in [3.8, 4) is 11.6 Å². The summed E-state index contributed by atoms with van der Waals surface area (Å²) in [4.78, 5) is 18.3. The fourth-order valence-corrected chi connectivity index (χ4v) is 2.69. The molecule has 0 aliphatic carbocycles. The summed E-state index contributed by atoms with van der Waals surface area (Å²) in [5.74, 6) is -0.582. The van der Waals surface area contributed by atoms with Gasteiger partial charge in [0.1, 0.15) is 12.1 Å². The molecule has 1 aromatic heterocycles. The molecule has 7 nitrogen and oxygen atoms in total. The van der Waals surface area contributed by atoms with Crippen molar-refractivity contribution in [3.05, 3.63) is 74.0 Å². The third kappa shape index (κ3) is 4.71. The Morgan fingerprint density at radius 1 is 1.10 bits per heavy atom. The van der Waals surface area contributed by atoms with Crippen LogP contribution >= 0.6 is 23.2 Å². The van der Waals surface area contributed by atoms with Crippen LogP contribution in [0.15, 0.2) is 42.7 Å². The fraction of sp³-hybridized carbons (Fsp3) is 0.111. The van der Waals surface area contributed by atoms with Gasteiger partial charge in [-0.25, -0.2) is 4.98 Å². The van der Waals surface area contributed by atoms with E-state index in [1.807, 2.05) is 0 Å². The number of nitrogens with zero attached hydrogens (tertiary/aromatic N) is 3. The highest BCUT2D eigenvalue weighted by molar-refractivity contribution is 6.33. The summed E-state index contributed by atoms with van der Waals surface area (Å²) < 4.78 is 44.4. The number of aromatic nitrogens is 2. The van der Waals surface area contributed by atoms with E-state index in [1.165, 1.54) is 6.07 Å². The van der Waals surface area contributed by atoms with E-state index in [-0.39, 0.29) is 16.5 Å². The Morgan fingerprint density at radius 2 is 1.80 bits per heavy atom. The standard InChI is InChI=1S/C18H11Cl2F3N4O3/c1-9-6-11(3-5-12(9)19)30-17-15(27(28)29)16(24-8-25-17)26-14-7-10(18(21,22)23)2-4-13(14)20/h2-8H,1H3,(H,24,25,26). The predicted octanol–water partition coefficient (Wildman–Crippen LogP) is 6.55. The molecule has 0 unspecified atom stereocenters. The lowest BCUT2D eigenvalue weighted by Gasteiger charge is -2.13. The third-order valence-electron chi connectivity index (χ3n) is 3.86. The first-order chi connectivity index (χ1) is 14.1. The Bertz CT molecular complexity index is 1130. The SMILES string of the molecule is Cc1cc(Oc2ncnc(Nc3cc(C(F)(F)F)ccc3Cl)c2[N+](=O)[O-])ccc1Cl. The molecule has 0 amide bonds. The summed E-state index contributed by atoms with van der Waals surface area (Å²) in [5.41, 5.74) is -1.22. The van der Waals surface area contributed by atoms with Crippen molar-refractivity contribution in [2.45, 2.75) is 13.1 Å². The molecular formula is C18H11Cl2F3N4O3. The maximum Gasteiger partial charge on any atom is 0.416 e. The molecule has 0 atom stereocenters. The lowest BCUT2D eigenvalue weighted by atomic mass is 10.2. The molecule has 0 aliphatic heterocycles. The molecule has 0 aliphatic rings. The monoisotopic (exact) mass is 458 g/mol. The van der Waals surface area contributed by atoms with Crippen molar-refractivity contribution in [1.82, 2.24) is 9.97 Å². The normalized spacial score (nSPS) is 11.3. The molecule has 0 spiro atoms. The van der Waals surface area contributed by atoms with Gasteiger partial charge in [-0.05, 0) is 48.9 Å². The van der Waals surface area contributed by atoms with Crippen molar-refractivity contribution in [2.24, 2.45) is 0 Å². The van der Waals surface area contributed by atoms with Crippen molar-refractivity contribution in [1.29, 1.82) is 0 Å². The first-order valence-electron chi connectivity index (χ1n) is 8.13. The van der Waals surface area contributed by atoms with Crippen LogP contribution in [0.3, 0.4) is 0 Å². The number of anilines is 2. The molecule has 30 heavy (non-hydrogen) atoms. The minimum absolute atomic E-state index is 0.0910. The molecule has 12 heteroatoms. The molecule has 156 valence electrons. The van der Waals surface area contributed by atoms with E-state index in [1.54, 1.807) is 19.1 Å². The average Bonchev–Trinajstić information content (AvgIpc) is 2.65. The van der Waals surface area contributed by atoms with Gasteiger partial charge in [-0.2, -0.15) is 18.2 Å². The van der Waals surface area contributed by atoms with Crippen LogP contribution in [-0.2, 0) is 6.18 Å². The molecule has 1 heterocycles. The topological polar surface area (TPSA) is 90.2 Å². The number of hydrogen-bond donors (Lipinski definition) is 1. The zero-order chi connectivity index (χ0) is 22.1. The van der Waals surface area contributed by atoms with Gasteiger partial charge in [0.2, 0.25) is 5.82 Å². The van der Waals surface area contributed by atoms with Gasteiger partial charge in [-0.15, -0.1) is 0 Å². The maximum atomic E-state index is 13.0. The number of rotatable bonds is 5. The van der Waals surface area contributed by atoms with E-state index in [9.17, 15) is 23.3 Å². The minimum Gasteiger partial charge on any atom is -0.434 e. The zero-order valence-corrected chi connectivity index (χ0v) is 16.5. The number of aryl methyl sites for hydroxylation is 1. The number of ether oxygens (including phenoxy) is 1. The quantitative estimate of drug-likeness (QED) is 0.344. The second kappa shape index (κ2) is 8.33. The second-order valence-electron chi connectivity index (χ2n) is 5.96. The Kier molecular flexibility index (Phi) is 5.99. The highest BCUT2D eigenvalue weighted by Gasteiger charge is 2.32. The van der Waals surface area contributed by atoms with Crippen LogP contribution in [0.25, 0.3) is 0 Å². The smallest absolute Gasteiger partial charge is 0.416 e. The maximum absolute atomic E-state index is 13.0. The van der Waals surface area contributed by atoms with Crippen LogP contribution in [0.1, 0.15) is 11.1 Å². The van der Waals surface area contributed by atoms with Crippen LogP contribution in [-0.4, -0.2) is 14.9 Å². The van der Waals surface area contributed by atoms with E-state index in [2.05, 4.69) is 15.3 Å². The molecule has 0 bridgehead atoms. The molecule has 3 aromatic rings. The largest absolute Gasteiger partial charge is 0.434 e. The number of hydrogen-bond acceptors (Lipinski definition) is 6. The lowest BCUT2D eigenvalue weighted by molar-refractivity contribution is -0.385. The van der Waals surface area contributed by atoms with Crippen molar-refractivity contribution in [3.63, 3.8) is 0 Å². The van der Waals surface area contributed by atoms with E-state index in [0.717, 1.165) is 24.5 Å². The zero-order valence-electron chi connectivity index (χ0n) is 15.0. The first kappa shape index (κ1) is 21.6. The van der Waals surface area contributed by atoms with E-state index >= 15 is 0 Å². The fourth-order valence-electron chi connectivity index (χ4n) is 2.41. The number of alkyl halides is 3. The number of benzene rings is 2. The lowest BCUT2D eigenvalue weighted by Crippen LogP contribution is -2.07. The van der Waals surface area contributed by atoms with Gasteiger partial charge in [-0.3, -0.25) is 10.1 Å². The Hall–Kier alpha value is -3.11. The second-order valence-corrected chi connectivity index (χ2v) is 6.78. The Morgan fingerprint density at radius 3 is 2.43 bits per heavy atom. The van der Waals surface area contributed by atoms with Crippen molar-refractivity contribution < 1.29 is 22.8 Å².